The first-order valence-electron chi connectivity index (χ1n) is 4.75. The van der Waals surface area contributed by atoms with Crippen LogP contribution < -0.4 is 10.5 Å². The molecule has 0 spiro atoms. The average Bonchev–Trinajstić information content (AvgIpc) is 2.21. The van der Waals surface area contributed by atoms with Gasteiger partial charge in [0.05, 0.1) is 6.42 Å². The number of hydrogen-bond donors (Lipinski definition) is 2. The predicted molar refractivity (Wildman–Crippen MR) is 57.0 cm³/mol. The van der Waals surface area contributed by atoms with E-state index in [0.29, 0.717) is 5.75 Å². The molecule has 1 aromatic rings. The van der Waals surface area contributed by atoms with Crippen molar-refractivity contribution in [2.45, 2.75) is 19.4 Å². The topological polar surface area (TPSA) is 89.6 Å². The summed E-state index contributed by atoms with van der Waals surface area (Å²) in [6.07, 6.45) is -0.344. The fraction of sp³-hybridized carbons (Fsp3) is 0.273. The number of carboxylic acid groups (broad SMARTS) is 1. The van der Waals surface area contributed by atoms with E-state index in [4.69, 9.17) is 15.6 Å². The molecule has 0 amide bonds. The smallest absolute Gasteiger partial charge is 0.321 e. The zero-order valence-electron chi connectivity index (χ0n) is 8.84. The lowest BCUT2D eigenvalue weighted by molar-refractivity contribution is -0.143. The quantitative estimate of drug-likeness (QED) is 0.579. The minimum atomic E-state index is -1.23. The number of rotatable bonds is 4. The molecule has 3 N–H and O–H groups in total. The number of para-hydroxylation sites is 1. The van der Waals surface area contributed by atoms with Crippen molar-refractivity contribution < 1.29 is 19.4 Å². The molecule has 16 heavy (non-hydrogen) atoms. The zero-order valence-corrected chi connectivity index (χ0v) is 8.84. The number of nitrogens with two attached hydrogens (primary N) is 1. The van der Waals surface area contributed by atoms with Crippen LogP contribution in [0.15, 0.2) is 24.3 Å². The van der Waals surface area contributed by atoms with Crippen LogP contribution in [0.2, 0.25) is 0 Å². The van der Waals surface area contributed by atoms with E-state index in [1.807, 2.05) is 6.07 Å². The van der Waals surface area contributed by atoms with Gasteiger partial charge in [-0.3, -0.25) is 9.59 Å². The molecule has 0 radical (unpaired) electrons. The first kappa shape index (κ1) is 12.2. The molecule has 0 aliphatic carbocycles. The summed E-state index contributed by atoms with van der Waals surface area (Å²) in [6.45, 7) is 1.79. The highest BCUT2D eigenvalue weighted by molar-refractivity contribution is 5.82. The summed E-state index contributed by atoms with van der Waals surface area (Å²) < 4.78 is 4.98. The van der Waals surface area contributed by atoms with Gasteiger partial charge in [-0.25, -0.2) is 0 Å². The molecule has 0 heterocycles. The third-order valence-electron chi connectivity index (χ3n) is 2.02. The SMILES string of the molecule is Cc1ccccc1OC(=O)CC(N)C(=O)O. The number of esters is 1. The van der Waals surface area contributed by atoms with Gasteiger partial charge in [0.15, 0.2) is 0 Å². The zero-order chi connectivity index (χ0) is 12.1. The van der Waals surface area contributed by atoms with Gasteiger partial charge < -0.3 is 15.6 Å². The number of benzene rings is 1. The van der Waals surface area contributed by atoms with Gasteiger partial charge in [0.1, 0.15) is 11.8 Å². The fourth-order valence-corrected chi connectivity index (χ4v) is 1.10. The van der Waals surface area contributed by atoms with E-state index < -0.39 is 18.0 Å². The standard InChI is InChI=1S/C11H13NO4/c1-7-4-2-3-5-9(7)16-10(13)6-8(12)11(14)15/h2-5,8H,6,12H2,1H3,(H,14,15). The van der Waals surface area contributed by atoms with Gasteiger partial charge in [-0.1, -0.05) is 18.2 Å². The Kier molecular flexibility index (Phi) is 4.02. The van der Waals surface area contributed by atoms with Crippen LogP contribution in [0.25, 0.3) is 0 Å². The summed E-state index contributed by atoms with van der Waals surface area (Å²) in [7, 11) is 0. The number of carboxylic acids is 1. The van der Waals surface area contributed by atoms with Crippen molar-refractivity contribution >= 4 is 11.9 Å². The number of hydrogen-bond acceptors (Lipinski definition) is 4. The summed E-state index contributed by atoms with van der Waals surface area (Å²) in [5, 5.41) is 8.52. The van der Waals surface area contributed by atoms with E-state index in [1.54, 1.807) is 25.1 Å². The Balaban J connectivity index is 2.59. The molecule has 0 fully saturated rings. The second-order valence-electron chi connectivity index (χ2n) is 3.39. The molecular formula is C11H13NO4. The van der Waals surface area contributed by atoms with Gasteiger partial charge in [0.25, 0.3) is 0 Å². The Morgan fingerprint density at radius 1 is 1.44 bits per heavy atom. The van der Waals surface area contributed by atoms with Crippen molar-refractivity contribution in [3.63, 3.8) is 0 Å². The molecule has 5 heteroatoms. The van der Waals surface area contributed by atoms with Crippen LogP contribution >= 0.6 is 0 Å². The molecule has 0 bridgehead atoms. The van der Waals surface area contributed by atoms with E-state index in [-0.39, 0.29) is 6.42 Å². The average molecular weight is 223 g/mol. The van der Waals surface area contributed by atoms with Crippen LogP contribution in [0.3, 0.4) is 0 Å². The van der Waals surface area contributed by atoms with Crippen LogP contribution in [0, 0.1) is 6.92 Å². The maximum Gasteiger partial charge on any atom is 0.321 e. The molecule has 1 rings (SSSR count). The Morgan fingerprint density at radius 2 is 2.06 bits per heavy atom. The van der Waals surface area contributed by atoms with E-state index in [9.17, 15) is 9.59 Å². The Morgan fingerprint density at radius 3 is 2.62 bits per heavy atom. The third kappa shape index (κ3) is 3.36. The van der Waals surface area contributed by atoms with Crippen molar-refractivity contribution in [2.75, 3.05) is 0 Å². The Bertz CT molecular complexity index is 403. The summed E-state index contributed by atoms with van der Waals surface area (Å²) in [4.78, 5) is 21.7. The number of carbonyl (C=O) groups excluding carboxylic acids is 1. The summed E-state index contributed by atoms with van der Waals surface area (Å²) in [6, 6.07) is 5.75. The summed E-state index contributed by atoms with van der Waals surface area (Å²) in [5.41, 5.74) is 6.01. The normalized spacial score (nSPS) is 11.9. The summed E-state index contributed by atoms with van der Waals surface area (Å²) >= 11 is 0. The molecule has 0 saturated carbocycles. The minimum Gasteiger partial charge on any atom is -0.480 e. The van der Waals surface area contributed by atoms with Gasteiger partial charge in [0, 0.05) is 0 Å². The molecule has 0 aliphatic rings. The highest BCUT2D eigenvalue weighted by Gasteiger charge is 2.18. The first-order valence-corrected chi connectivity index (χ1v) is 4.75. The molecule has 5 nitrogen and oxygen atoms in total. The summed E-state index contributed by atoms with van der Waals surface area (Å²) in [5.74, 6) is -1.45. The second kappa shape index (κ2) is 5.27. The van der Waals surface area contributed by atoms with Crippen molar-refractivity contribution in [3.8, 4) is 5.75 Å². The number of ether oxygens (including phenoxy) is 1. The maximum atomic E-state index is 11.3. The lowest BCUT2D eigenvalue weighted by atomic mass is 10.2. The molecule has 0 saturated heterocycles. The largest absolute Gasteiger partial charge is 0.480 e. The van der Waals surface area contributed by atoms with Crippen molar-refractivity contribution in [1.82, 2.24) is 0 Å². The van der Waals surface area contributed by atoms with Crippen LogP contribution in [0.1, 0.15) is 12.0 Å². The molecule has 0 aliphatic heterocycles. The number of aliphatic carboxylic acids is 1. The lowest BCUT2D eigenvalue weighted by Crippen LogP contribution is -2.33. The lowest BCUT2D eigenvalue weighted by Gasteiger charge is -2.08. The van der Waals surface area contributed by atoms with Crippen molar-refractivity contribution in [3.05, 3.63) is 29.8 Å². The van der Waals surface area contributed by atoms with Gasteiger partial charge in [0.2, 0.25) is 0 Å². The molecule has 1 atom stereocenters. The third-order valence-corrected chi connectivity index (χ3v) is 2.02. The minimum absolute atomic E-state index is 0.344. The van der Waals surface area contributed by atoms with Crippen LogP contribution in [-0.2, 0) is 9.59 Å². The van der Waals surface area contributed by atoms with Gasteiger partial charge in [-0.05, 0) is 18.6 Å². The van der Waals surface area contributed by atoms with Crippen LogP contribution in [0.4, 0.5) is 0 Å². The Labute approximate surface area is 92.8 Å². The first-order chi connectivity index (χ1) is 7.50. The Hall–Kier alpha value is -1.88. The highest BCUT2D eigenvalue weighted by atomic mass is 16.5. The molecular weight excluding hydrogens is 210 g/mol. The predicted octanol–water partition coefficient (Wildman–Crippen LogP) is 0.702. The van der Waals surface area contributed by atoms with E-state index in [2.05, 4.69) is 0 Å². The van der Waals surface area contributed by atoms with E-state index in [0.717, 1.165) is 5.56 Å². The van der Waals surface area contributed by atoms with Crippen LogP contribution in [0.5, 0.6) is 5.75 Å². The number of carbonyl (C=O) groups is 2. The molecule has 0 aromatic heterocycles. The monoisotopic (exact) mass is 223 g/mol. The molecule has 1 unspecified atom stereocenters. The van der Waals surface area contributed by atoms with Gasteiger partial charge in [-0.15, -0.1) is 0 Å². The van der Waals surface area contributed by atoms with E-state index >= 15 is 0 Å². The van der Waals surface area contributed by atoms with Gasteiger partial charge in [-0.2, -0.15) is 0 Å². The molecule has 1 aromatic carbocycles. The van der Waals surface area contributed by atoms with Gasteiger partial charge >= 0.3 is 11.9 Å². The van der Waals surface area contributed by atoms with Crippen molar-refractivity contribution in [2.24, 2.45) is 5.73 Å². The van der Waals surface area contributed by atoms with Crippen LogP contribution in [-0.4, -0.2) is 23.1 Å². The van der Waals surface area contributed by atoms with Crippen molar-refractivity contribution in [1.29, 1.82) is 0 Å². The second-order valence-corrected chi connectivity index (χ2v) is 3.39. The highest BCUT2D eigenvalue weighted by Crippen LogP contribution is 2.16. The van der Waals surface area contributed by atoms with E-state index in [1.165, 1.54) is 0 Å². The fourth-order valence-electron chi connectivity index (χ4n) is 1.10. The number of aryl methyl sites for hydroxylation is 1. The molecule has 86 valence electrons. The maximum absolute atomic E-state index is 11.3.